The van der Waals surface area contributed by atoms with Gasteiger partial charge < -0.3 is 10.1 Å². The van der Waals surface area contributed by atoms with Gasteiger partial charge in [-0.1, -0.05) is 18.2 Å². The number of carbonyl (C=O) groups excluding carboxylic acids is 1. The number of methoxy groups -OCH3 is 1. The highest BCUT2D eigenvalue weighted by molar-refractivity contribution is 5.92. The largest absolute Gasteiger partial charge is 0.496 e. The molecule has 3 rings (SSSR count). The molecule has 1 saturated heterocycles. The molecule has 0 bridgehead atoms. The molecule has 1 unspecified atom stereocenters. The van der Waals surface area contributed by atoms with Gasteiger partial charge in [0.25, 0.3) is 0 Å². The third kappa shape index (κ3) is 3.43. The van der Waals surface area contributed by atoms with E-state index in [2.05, 4.69) is 21.4 Å². The minimum Gasteiger partial charge on any atom is -0.496 e. The van der Waals surface area contributed by atoms with Gasteiger partial charge in [-0.05, 0) is 32.4 Å². The number of benzene rings is 1. The Morgan fingerprint density at radius 2 is 2.21 bits per heavy atom. The van der Waals surface area contributed by atoms with Crippen molar-refractivity contribution in [1.29, 1.82) is 0 Å². The molecule has 1 atom stereocenters. The predicted octanol–water partition coefficient (Wildman–Crippen LogP) is 2.51. The Morgan fingerprint density at radius 3 is 2.92 bits per heavy atom. The van der Waals surface area contributed by atoms with Crippen molar-refractivity contribution in [2.45, 2.75) is 25.8 Å². The van der Waals surface area contributed by atoms with Crippen LogP contribution < -0.4 is 10.1 Å². The van der Waals surface area contributed by atoms with E-state index in [1.807, 2.05) is 38.4 Å². The number of aromatic nitrogens is 2. The zero-order valence-corrected chi connectivity index (χ0v) is 14.5. The van der Waals surface area contributed by atoms with Gasteiger partial charge in [0.1, 0.15) is 5.75 Å². The molecule has 1 aromatic heterocycles. The number of nitrogens with one attached hydrogen (secondary N) is 1. The summed E-state index contributed by atoms with van der Waals surface area (Å²) in [6.07, 6.45) is 3.95. The van der Waals surface area contributed by atoms with E-state index in [-0.39, 0.29) is 11.9 Å². The number of likely N-dealkylation sites (tertiary alicyclic amines) is 1. The second-order valence-electron chi connectivity index (χ2n) is 6.22. The van der Waals surface area contributed by atoms with Crippen molar-refractivity contribution < 1.29 is 9.53 Å². The van der Waals surface area contributed by atoms with E-state index in [0.29, 0.717) is 6.54 Å². The van der Waals surface area contributed by atoms with Gasteiger partial charge in [0.15, 0.2) is 0 Å². The van der Waals surface area contributed by atoms with Crippen molar-refractivity contribution in [3.05, 3.63) is 41.7 Å². The molecule has 1 amide bonds. The van der Waals surface area contributed by atoms with E-state index in [0.717, 1.165) is 42.1 Å². The van der Waals surface area contributed by atoms with Gasteiger partial charge in [-0.3, -0.25) is 14.4 Å². The number of hydrogen-bond acceptors (Lipinski definition) is 4. The van der Waals surface area contributed by atoms with Crippen LogP contribution in [0.3, 0.4) is 0 Å². The smallest absolute Gasteiger partial charge is 0.238 e. The van der Waals surface area contributed by atoms with Crippen molar-refractivity contribution in [1.82, 2.24) is 14.7 Å². The van der Waals surface area contributed by atoms with Crippen LogP contribution in [0.5, 0.6) is 5.75 Å². The Morgan fingerprint density at radius 1 is 1.42 bits per heavy atom. The molecular weight excluding hydrogens is 304 g/mol. The zero-order chi connectivity index (χ0) is 17.1. The van der Waals surface area contributed by atoms with Crippen molar-refractivity contribution in [3.8, 4) is 5.75 Å². The predicted molar refractivity (Wildman–Crippen MR) is 93.1 cm³/mol. The van der Waals surface area contributed by atoms with Gasteiger partial charge in [-0.2, -0.15) is 5.10 Å². The summed E-state index contributed by atoms with van der Waals surface area (Å²) in [7, 11) is 3.54. The fourth-order valence-corrected chi connectivity index (χ4v) is 3.41. The molecule has 6 nitrogen and oxygen atoms in total. The molecule has 24 heavy (non-hydrogen) atoms. The van der Waals surface area contributed by atoms with Crippen LogP contribution >= 0.6 is 0 Å². The second-order valence-corrected chi connectivity index (χ2v) is 6.22. The zero-order valence-electron chi connectivity index (χ0n) is 14.5. The third-order valence-corrected chi connectivity index (χ3v) is 4.50. The summed E-state index contributed by atoms with van der Waals surface area (Å²) in [6, 6.07) is 8.28. The molecule has 0 saturated carbocycles. The monoisotopic (exact) mass is 328 g/mol. The van der Waals surface area contributed by atoms with E-state index in [9.17, 15) is 4.79 Å². The molecule has 2 heterocycles. The topological polar surface area (TPSA) is 59.4 Å². The van der Waals surface area contributed by atoms with Gasteiger partial charge in [0.05, 0.1) is 25.0 Å². The summed E-state index contributed by atoms with van der Waals surface area (Å²) in [4.78, 5) is 14.7. The maximum atomic E-state index is 12.4. The normalized spacial score (nSPS) is 17.9. The lowest BCUT2D eigenvalue weighted by atomic mass is 10.0. The van der Waals surface area contributed by atoms with Crippen molar-refractivity contribution in [2.24, 2.45) is 7.05 Å². The molecule has 128 valence electrons. The van der Waals surface area contributed by atoms with Gasteiger partial charge in [0.2, 0.25) is 5.91 Å². The van der Waals surface area contributed by atoms with E-state index < -0.39 is 0 Å². The molecule has 6 heteroatoms. The summed E-state index contributed by atoms with van der Waals surface area (Å²) >= 11 is 0. The highest BCUT2D eigenvalue weighted by Gasteiger charge is 2.29. The Labute approximate surface area is 142 Å². The van der Waals surface area contributed by atoms with Crippen molar-refractivity contribution in [3.63, 3.8) is 0 Å². The van der Waals surface area contributed by atoms with E-state index >= 15 is 0 Å². The number of rotatable bonds is 5. The van der Waals surface area contributed by atoms with E-state index in [1.165, 1.54) is 0 Å². The van der Waals surface area contributed by atoms with Crippen LogP contribution in [0.15, 0.2) is 30.5 Å². The lowest BCUT2D eigenvalue weighted by Crippen LogP contribution is -2.33. The fourth-order valence-electron chi connectivity index (χ4n) is 3.41. The number of aryl methyl sites for hydroxylation is 2. The average molecular weight is 328 g/mol. The second kappa shape index (κ2) is 7.05. The first-order chi connectivity index (χ1) is 11.6. The van der Waals surface area contributed by atoms with Crippen LogP contribution in [0.1, 0.15) is 30.1 Å². The van der Waals surface area contributed by atoms with Crippen LogP contribution in [0.25, 0.3) is 0 Å². The number of para-hydroxylation sites is 1. The summed E-state index contributed by atoms with van der Waals surface area (Å²) in [5.41, 5.74) is 2.76. The Bertz CT molecular complexity index is 726. The fraction of sp³-hybridized carbons (Fsp3) is 0.444. The van der Waals surface area contributed by atoms with Crippen LogP contribution in [-0.2, 0) is 11.8 Å². The van der Waals surface area contributed by atoms with Gasteiger partial charge in [0, 0.05) is 24.8 Å². The highest BCUT2D eigenvalue weighted by atomic mass is 16.5. The summed E-state index contributed by atoms with van der Waals surface area (Å²) in [5.74, 6) is 0.880. The third-order valence-electron chi connectivity index (χ3n) is 4.50. The van der Waals surface area contributed by atoms with Gasteiger partial charge in [-0.15, -0.1) is 0 Å². The maximum absolute atomic E-state index is 12.4. The molecule has 1 aliphatic rings. The molecule has 0 radical (unpaired) electrons. The average Bonchev–Trinajstić information content (AvgIpc) is 3.13. The number of anilines is 1. The summed E-state index contributed by atoms with van der Waals surface area (Å²) in [6.45, 7) is 3.18. The number of ether oxygens (including phenoxy) is 1. The quantitative estimate of drug-likeness (QED) is 0.916. The van der Waals surface area contributed by atoms with Gasteiger partial charge in [-0.25, -0.2) is 0 Å². The first kappa shape index (κ1) is 16.5. The molecular formula is C18H24N4O2. The number of nitrogens with zero attached hydrogens (tertiary/aromatic N) is 3. The SMILES string of the molecule is COc1ccccc1C1CCCN1CC(=O)Nc1cn(C)nc1C. The maximum Gasteiger partial charge on any atom is 0.238 e. The van der Waals surface area contributed by atoms with Crippen LogP contribution in [0.4, 0.5) is 5.69 Å². The molecule has 0 aliphatic carbocycles. The van der Waals surface area contributed by atoms with Crippen molar-refractivity contribution in [2.75, 3.05) is 25.5 Å². The van der Waals surface area contributed by atoms with Gasteiger partial charge >= 0.3 is 0 Å². The van der Waals surface area contributed by atoms with Crippen LogP contribution in [-0.4, -0.2) is 40.8 Å². The lowest BCUT2D eigenvalue weighted by Gasteiger charge is -2.25. The lowest BCUT2D eigenvalue weighted by molar-refractivity contribution is -0.117. The minimum atomic E-state index is -0.00658. The van der Waals surface area contributed by atoms with E-state index in [4.69, 9.17) is 4.74 Å². The Kier molecular flexibility index (Phi) is 4.85. The van der Waals surface area contributed by atoms with E-state index in [1.54, 1.807) is 11.8 Å². The Hall–Kier alpha value is -2.34. The summed E-state index contributed by atoms with van der Waals surface area (Å²) < 4.78 is 7.19. The molecule has 1 N–H and O–H groups in total. The number of hydrogen-bond donors (Lipinski definition) is 1. The first-order valence-electron chi connectivity index (χ1n) is 8.25. The standard InChI is InChI=1S/C18H24N4O2/c1-13-15(11-21(2)20-13)19-18(23)12-22-10-6-8-16(22)14-7-4-5-9-17(14)24-3/h4-5,7,9,11,16H,6,8,10,12H2,1-3H3,(H,19,23). The molecule has 1 aliphatic heterocycles. The molecule has 2 aromatic rings. The molecule has 1 fully saturated rings. The first-order valence-corrected chi connectivity index (χ1v) is 8.25. The summed E-state index contributed by atoms with van der Waals surface area (Å²) in [5, 5.41) is 7.22. The molecule has 1 aromatic carbocycles. The van der Waals surface area contributed by atoms with Crippen LogP contribution in [0, 0.1) is 6.92 Å². The minimum absolute atomic E-state index is 0.00658. The highest BCUT2D eigenvalue weighted by Crippen LogP contribution is 2.36. The van der Waals surface area contributed by atoms with Crippen LogP contribution in [0.2, 0.25) is 0 Å². The number of carbonyl (C=O) groups is 1. The Balaban J connectivity index is 1.69. The number of amides is 1. The van der Waals surface area contributed by atoms with Crippen molar-refractivity contribution >= 4 is 11.6 Å². The molecule has 0 spiro atoms.